The average Bonchev–Trinajstić information content (AvgIpc) is 2.68. The normalized spacial score (nSPS) is 11.0. The second kappa shape index (κ2) is 9.51. The van der Waals surface area contributed by atoms with Crippen molar-refractivity contribution in [2.45, 2.75) is 26.3 Å². The lowest BCUT2D eigenvalue weighted by Crippen LogP contribution is -2.26. The molecule has 0 aliphatic carbocycles. The van der Waals surface area contributed by atoms with E-state index in [9.17, 15) is 0 Å². The predicted molar refractivity (Wildman–Crippen MR) is 112 cm³/mol. The summed E-state index contributed by atoms with van der Waals surface area (Å²) in [6, 6.07) is 30.8. The first-order valence-electron chi connectivity index (χ1n) is 9.09. The highest BCUT2D eigenvalue weighted by molar-refractivity contribution is 7.79. The van der Waals surface area contributed by atoms with Crippen molar-refractivity contribution in [1.82, 2.24) is 5.32 Å². The van der Waals surface area contributed by atoms with Crippen LogP contribution in [0.4, 0.5) is 0 Å². The summed E-state index contributed by atoms with van der Waals surface area (Å²) in [6.07, 6.45) is 2.46. The van der Waals surface area contributed by atoms with Gasteiger partial charge in [-0.3, -0.25) is 0 Å². The molecule has 128 valence electrons. The van der Waals surface area contributed by atoms with Gasteiger partial charge in [-0.1, -0.05) is 98.3 Å². The lowest BCUT2D eigenvalue weighted by Gasteiger charge is -2.22. The highest BCUT2D eigenvalue weighted by Crippen LogP contribution is 2.33. The Labute approximate surface area is 152 Å². The molecule has 0 spiro atoms. The molecule has 0 saturated heterocycles. The second-order valence-electron chi connectivity index (χ2n) is 6.17. The molecule has 2 heteroatoms. The van der Waals surface area contributed by atoms with Crippen molar-refractivity contribution in [1.29, 1.82) is 0 Å². The SMILES string of the molecule is CCCCNCc1ccccc1P(c1ccccc1)c1ccccc1. The first-order valence-corrected chi connectivity index (χ1v) is 10.4. The van der Waals surface area contributed by atoms with Crippen molar-refractivity contribution in [2.75, 3.05) is 6.54 Å². The van der Waals surface area contributed by atoms with Crippen LogP contribution in [0, 0.1) is 0 Å². The van der Waals surface area contributed by atoms with Crippen LogP contribution >= 0.6 is 7.92 Å². The summed E-state index contributed by atoms with van der Waals surface area (Å²) in [4.78, 5) is 0. The van der Waals surface area contributed by atoms with Crippen molar-refractivity contribution < 1.29 is 0 Å². The van der Waals surface area contributed by atoms with Gasteiger partial charge in [0.1, 0.15) is 0 Å². The van der Waals surface area contributed by atoms with Gasteiger partial charge in [0.2, 0.25) is 0 Å². The highest BCUT2D eigenvalue weighted by Gasteiger charge is 2.18. The molecule has 0 heterocycles. The predicted octanol–water partition coefficient (Wildman–Crippen LogP) is 4.33. The minimum absolute atomic E-state index is 0.531. The molecule has 0 unspecified atom stereocenters. The fourth-order valence-electron chi connectivity index (χ4n) is 2.98. The van der Waals surface area contributed by atoms with E-state index in [0.717, 1.165) is 13.1 Å². The molecule has 3 aromatic carbocycles. The Morgan fingerprint density at radius 3 is 1.88 bits per heavy atom. The Morgan fingerprint density at radius 1 is 0.720 bits per heavy atom. The number of hydrogen-bond donors (Lipinski definition) is 1. The summed E-state index contributed by atoms with van der Waals surface area (Å²) in [6.45, 7) is 4.26. The maximum Gasteiger partial charge on any atom is 0.0212 e. The maximum atomic E-state index is 3.61. The van der Waals surface area contributed by atoms with E-state index in [1.54, 1.807) is 0 Å². The minimum atomic E-state index is -0.531. The largest absolute Gasteiger partial charge is 0.313 e. The van der Waals surface area contributed by atoms with E-state index in [1.165, 1.54) is 34.3 Å². The molecule has 0 aliphatic heterocycles. The van der Waals surface area contributed by atoms with Gasteiger partial charge in [-0.15, -0.1) is 0 Å². The lowest BCUT2D eigenvalue weighted by molar-refractivity contribution is 0.643. The topological polar surface area (TPSA) is 12.0 Å². The molecule has 0 saturated carbocycles. The van der Waals surface area contributed by atoms with Crippen LogP contribution in [0.1, 0.15) is 25.3 Å². The summed E-state index contributed by atoms with van der Waals surface area (Å²) in [5.74, 6) is 0. The van der Waals surface area contributed by atoms with E-state index in [1.807, 2.05) is 0 Å². The molecule has 0 atom stereocenters. The Hall–Kier alpha value is -1.95. The van der Waals surface area contributed by atoms with Gasteiger partial charge < -0.3 is 5.32 Å². The Bertz CT molecular complexity index is 716. The van der Waals surface area contributed by atoms with E-state index >= 15 is 0 Å². The van der Waals surface area contributed by atoms with Gasteiger partial charge in [0.15, 0.2) is 0 Å². The molecule has 25 heavy (non-hydrogen) atoms. The fraction of sp³-hybridized carbons (Fsp3) is 0.217. The zero-order valence-electron chi connectivity index (χ0n) is 14.9. The summed E-state index contributed by atoms with van der Waals surface area (Å²) in [5.41, 5.74) is 1.41. The van der Waals surface area contributed by atoms with E-state index in [0.29, 0.717) is 0 Å². The third-order valence-corrected chi connectivity index (χ3v) is 6.83. The molecule has 1 nitrogen and oxygen atoms in total. The van der Waals surface area contributed by atoms with Crippen LogP contribution in [-0.4, -0.2) is 6.54 Å². The summed E-state index contributed by atoms with van der Waals surface area (Å²) < 4.78 is 0. The van der Waals surface area contributed by atoms with Gasteiger partial charge in [0.25, 0.3) is 0 Å². The van der Waals surface area contributed by atoms with Crippen LogP contribution in [0.3, 0.4) is 0 Å². The first kappa shape index (κ1) is 17.9. The zero-order chi connectivity index (χ0) is 17.3. The molecule has 3 aromatic rings. The molecule has 0 fully saturated rings. The molecule has 0 aliphatic rings. The molecular formula is C23H26NP. The van der Waals surface area contributed by atoms with Gasteiger partial charge in [-0.25, -0.2) is 0 Å². The third-order valence-electron chi connectivity index (χ3n) is 4.28. The van der Waals surface area contributed by atoms with Crippen LogP contribution < -0.4 is 21.2 Å². The van der Waals surface area contributed by atoms with Crippen molar-refractivity contribution >= 4 is 23.8 Å². The number of hydrogen-bond acceptors (Lipinski definition) is 1. The molecule has 0 radical (unpaired) electrons. The first-order chi connectivity index (χ1) is 12.4. The second-order valence-corrected chi connectivity index (χ2v) is 8.35. The van der Waals surface area contributed by atoms with Crippen LogP contribution in [0.15, 0.2) is 84.9 Å². The smallest absolute Gasteiger partial charge is 0.0212 e. The van der Waals surface area contributed by atoms with Gasteiger partial charge in [-0.2, -0.15) is 0 Å². The quantitative estimate of drug-likeness (QED) is 0.472. The van der Waals surface area contributed by atoms with Crippen LogP contribution in [-0.2, 0) is 6.54 Å². The molecule has 0 aromatic heterocycles. The summed E-state index contributed by atoms with van der Waals surface area (Å²) >= 11 is 0. The summed E-state index contributed by atoms with van der Waals surface area (Å²) in [5, 5.41) is 7.88. The van der Waals surface area contributed by atoms with E-state index in [2.05, 4.69) is 97.2 Å². The number of nitrogens with one attached hydrogen (secondary N) is 1. The van der Waals surface area contributed by atoms with Crippen molar-refractivity contribution in [3.63, 3.8) is 0 Å². The van der Waals surface area contributed by atoms with Crippen molar-refractivity contribution in [3.05, 3.63) is 90.5 Å². The Kier molecular flexibility index (Phi) is 6.79. The minimum Gasteiger partial charge on any atom is -0.313 e. The zero-order valence-corrected chi connectivity index (χ0v) is 15.8. The molecule has 0 amide bonds. The number of benzene rings is 3. The van der Waals surface area contributed by atoms with E-state index in [-0.39, 0.29) is 0 Å². The fourth-order valence-corrected chi connectivity index (χ4v) is 5.46. The van der Waals surface area contributed by atoms with Crippen LogP contribution in [0.2, 0.25) is 0 Å². The van der Waals surface area contributed by atoms with Crippen LogP contribution in [0.5, 0.6) is 0 Å². The maximum absolute atomic E-state index is 3.61. The highest BCUT2D eigenvalue weighted by atomic mass is 31.1. The van der Waals surface area contributed by atoms with Gasteiger partial charge >= 0.3 is 0 Å². The number of rotatable bonds is 8. The Balaban J connectivity index is 1.97. The molecule has 1 N–H and O–H groups in total. The summed E-state index contributed by atoms with van der Waals surface area (Å²) in [7, 11) is -0.531. The van der Waals surface area contributed by atoms with Gasteiger partial charge in [-0.05, 0) is 42.4 Å². The third kappa shape index (κ3) is 4.78. The van der Waals surface area contributed by atoms with E-state index in [4.69, 9.17) is 0 Å². The Morgan fingerprint density at radius 2 is 1.28 bits per heavy atom. The molecule has 0 bridgehead atoms. The molecular weight excluding hydrogens is 321 g/mol. The van der Waals surface area contributed by atoms with Gasteiger partial charge in [0.05, 0.1) is 0 Å². The van der Waals surface area contributed by atoms with Crippen molar-refractivity contribution in [2.24, 2.45) is 0 Å². The van der Waals surface area contributed by atoms with Crippen LogP contribution in [0.25, 0.3) is 0 Å². The van der Waals surface area contributed by atoms with Crippen molar-refractivity contribution in [3.8, 4) is 0 Å². The number of unbranched alkanes of at least 4 members (excludes halogenated alkanes) is 1. The lowest BCUT2D eigenvalue weighted by atomic mass is 10.2. The monoisotopic (exact) mass is 347 g/mol. The molecule has 3 rings (SSSR count). The van der Waals surface area contributed by atoms with E-state index < -0.39 is 7.92 Å². The standard InChI is InChI=1S/C23H26NP/c1-2-3-18-24-19-20-12-10-11-17-23(20)25(21-13-6-4-7-14-21)22-15-8-5-9-16-22/h4-17,24H,2-3,18-19H2,1H3. The average molecular weight is 347 g/mol. The van der Waals surface area contributed by atoms with Gasteiger partial charge in [0, 0.05) is 6.54 Å².